The number of hydrogen-bond donors (Lipinski definition) is 1. The van der Waals surface area contributed by atoms with E-state index >= 15 is 0 Å². The summed E-state index contributed by atoms with van der Waals surface area (Å²) in [6.45, 7) is 0. The van der Waals surface area contributed by atoms with E-state index in [-0.39, 0.29) is 11.4 Å². The first kappa shape index (κ1) is 9.92. The summed E-state index contributed by atoms with van der Waals surface area (Å²) in [4.78, 5) is 17.3. The van der Waals surface area contributed by atoms with E-state index in [1.165, 1.54) is 12.4 Å². The molecule has 0 unspecified atom stereocenters. The van der Waals surface area contributed by atoms with Crippen LogP contribution >= 0.6 is 15.9 Å². The number of halogens is 1. The number of H-pyrrole nitrogens is 1. The average molecular weight is 267 g/mol. The Labute approximate surface area is 94.1 Å². The summed E-state index contributed by atoms with van der Waals surface area (Å²) in [6.07, 6.45) is 1.30. The first-order valence-corrected chi connectivity index (χ1v) is 5.02. The molecular formula is C10H7BrN2O2. The first-order chi connectivity index (χ1) is 7.25. The van der Waals surface area contributed by atoms with Crippen molar-refractivity contribution in [2.75, 3.05) is 0 Å². The SMILES string of the molecule is O=c1cc(Oc2ccccc2Br)nc[nH]1. The van der Waals surface area contributed by atoms with Gasteiger partial charge in [-0.15, -0.1) is 0 Å². The molecule has 1 N–H and O–H groups in total. The van der Waals surface area contributed by atoms with Crippen molar-refractivity contribution in [2.24, 2.45) is 0 Å². The smallest absolute Gasteiger partial charge is 0.254 e. The molecule has 0 aliphatic heterocycles. The van der Waals surface area contributed by atoms with E-state index < -0.39 is 0 Å². The van der Waals surface area contributed by atoms with Gasteiger partial charge in [0.05, 0.1) is 16.9 Å². The van der Waals surface area contributed by atoms with Crippen molar-refractivity contribution in [1.29, 1.82) is 0 Å². The highest BCUT2D eigenvalue weighted by atomic mass is 79.9. The molecule has 15 heavy (non-hydrogen) atoms. The molecule has 0 radical (unpaired) electrons. The lowest BCUT2D eigenvalue weighted by molar-refractivity contribution is 0.458. The molecule has 0 bridgehead atoms. The molecule has 1 aromatic carbocycles. The molecular weight excluding hydrogens is 260 g/mol. The van der Waals surface area contributed by atoms with Crippen LogP contribution in [0.4, 0.5) is 0 Å². The molecule has 0 aliphatic carbocycles. The molecule has 4 nitrogen and oxygen atoms in total. The fourth-order valence-electron chi connectivity index (χ4n) is 1.05. The van der Waals surface area contributed by atoms with E-state index in [0.29, 0.717) is 5.75 Å². The minimum atomic E-state index is -0.243. The first-order valence-electron chi connectivity index (χ1n) is 4.23. The van der Waals surface area contributed by atoms with Gasteiger partial charge in [0.15, 0.2) is 0 Å². The highest BCUT2D eigenvalue weighted by Crippen LogP contribution is 2.27. The zero-order chi connectivity index (χ0) is 10.7. The third-order valence-corrected chi connectivity index (χ3v) is 2.36. The molecule has 1 heterocycles. The summed E-state index contributed by atoms with van der Waals surface area (Å²) >= 11 is 3.33. The summed E-state index contributed by atoms with van der Waals surface area (Å²) < 4.78 is 6.22. The third-order valence-electron chi connectivity index (χ3n) is 1.70. The Balaban J connectivity index is 2.30. The zero-order valence-electron chi connectivity index (χ0n) is 7.61. The van der Waals surface area contributed by atoms with Crippen LogP contribution in [-0.2, 0) is 0 Å². The Morgan fingerprint density at radius 1 is 1.33 bits per heavy atom. The van der Waals surface area contributed by atoms with E-state index in [0.717, 1.165) is 4.47 Å². The standard InChI is InChI=1S/C10H7BrN2O2/c11-7-3-1-2-4-8(7)15-10-5-9(14)12-6-13-10/h1-6H,(H,12,13,14). The molecule has 5 heteroatoms. The molecule has 0 atom stereocenters. The Morgan fingerprint density at radius 2 is 2.13 bits per heavy atom. The highest BCUT2D eigenvalue weighted by Gasteiger charge is 2.02. The molecule has 0 saturated heterocycles. The monoisotopic (exact) mass is 266 g/mol. The topological polar surface area (TPSA) is 55.0 Å². The maximum atomic E-state index is 11.0. The normalized spacial score (nSPS) is 9.93. The van der Waals surface area contributed by atoms with E-state index in [4.69, 9.17) is 4.74 Å². The maximum absolute atomic E-state index is 11.0. The van der Waals surface area contributed by atoms with Gasteiger partial charge in [-0.2, -0.15) is 0 Å². The van der Waals surface area contributed by atoms with E-state index in [9.17, 15) is 4.79 Å². The Bertz CT molecular complexity index is 525. The molecule has 76 valence electrons. The van der Waals surface area contributed by atoms with Crippen LogP contribution < -0.4 is 10.3 Å². The predicted octanol–water partition coefficient (Wildman–Crippen LogP) is 2.32. The minimum Gasteiger partial charge on any atom is -0.438 e. The van der Waals surface area contributed by atoms with E-state index in [2.05, 4.69) is 25.9 Å². The zero-order valence-corrected chi connectivity index (χ0v) is 9.19. The summed E-state index contributed by atoms with van der Waals surface area (Å²) in [5, 5.41) is 0. The molecule has 2 aromatic rings. The van der Waals surface area contributed by atoms with Crippen LogP contribution in [0.1, 0.15) is 0 Å². The van der Waals surface area contributed by atoms with Gasteiger partial charge in [0.1, 0.15) is 5.75 Å². The fraction of sp³-hybridized carbons (Fsp3) is 0. The number of para-hydroxylation sites is 1. The maximum Gasteiger partial charge on any atom is 0.254 e. The summed E-state index contributed by atoms with van der Waals surface area (Å²) in [7, 11) is 0. The summed E-state index contributed by atoms with van der Waals surface area (Å²) in [6, 6.07) is 8.64. The van der Waals surface area contributed by atoms with Gasteiger partial charge in [-0.3, -0.25) is 4.79 Å². The molecule has 2 rings (SSSR count). The van der Waals surface area contributed by atoms with Crippen molar-refractivity contribution in [3.8, 4) is 11.6 Å². The number of aromatic nitrogens is 2. The lowest BCUT2D eigenvalue weighted by atomic mass is 10.3. The molecule has 0 aliphatic rings. The number of ether oxygens (including phenoxy) is 1. The molecule has 0 saturated carbocycles. The van der Waals surface area contributed by atoms with Crippen molar-refractivity contribution in [2.45, 2.75) is 0 Å². The second kappa shape index (κ2) is 4.27. The van der Waals surface area contributed by atoms with Gasteiger partial charge in [-0.25, -0.2) is 4.98 Å². The quantitative estimate of drug-likeness (QED) is 0.908. The van der Waals surface area contributed by atoms with Crippen LogP contribution in [0.5, 0.6) is 11.6 Å². The summed E-state index contributed by atoms with van der Waals surface area (Å²) in [5.74, 6) is 0.890. The predicted molar refractivity (Wildman–Crippen MR) is 59.1 cm³/mol. The summed E-state index contributed by atoms with van der Waals surface area (Å²) in [5.41, 5.74) is -0.243. The fourth-order valence-corrected chi connectivity index (χ4v) is 1.41. The second-order valence-electron chi connectivity index (χ2n) is 2.78. The van der Waals surface area contributed by atoms with Crippen molar-refractivity contribution < 1.29 is 4.74 Å². The van der Waals surface area contributed by atoms with Crippen LogP contribution in [0.15, 0.2) is 45.9 Å². The van der Waals surface area contributed by atoms with Gasteiger partial charge in [-0.1, -0.05) is 12.1 Å². The van der Waals surface area contributed by atoms with Crippen molar-refractivity contribution in [1.82, 2.24) is 9.97 Å². The van der Waals surface area contributed by atoms with Gasteiger partial charge in [-0.05, 0) is 28.1 Å². The van der Waals surface area contributed by atoms with E-state index in [1.54, 1.807) is 6.07 Å². The van der Waals surface area contributed by atoms with Gasteiger partial charge in [0, 0.05) is 0 Å². The number of hydrogen-bond acceptors (Lipinski definition) is 3. The van der Waals surface area contributed by atoms with Crippen LogP contribution in [0, 0.1) is 0 Å². The number of nitrogens with zero attached hydrogens (tertiary/aromatic N) is 1. The van der Waals surface area contributed by atoms with Gasteiger partial charge in [0.2, 0.25) is 5.88 Å². The Kier molecular flexibility index (Phi) is 2.82. The van der Waals surface area contributed by atoms with Crippen molar-refractivity contribution >= 4 is 15.9 Å². The molecule has 0 spiro atoms. The van der Waals surface area contributed by atoms with Gasteiger partial charge in [0.25, 0.3) is 5.56 Å². The van der Waals surface area contributed by atoms with Gasteiger partial charge < -0.3 is 9.72 Å². The lowest BCUT2D eigenvalue weighted by Gasteiger charge is -2.04. The van der Waals surface area contributed by atoms with E-state index in [1.807, 2.05) is 18.2 Å². The largest absolute Gasteiger partial charge is 0.438 e. The molecule has 0 fully saturated rings. The third kappa shape index (κ3) is 2.44. The Morgan fingerprint density at radius 3 is 2.87 bits per heavy atom. The number of rotatable bonds is 2. The number of benzene rings is 1. The highest BCUT2D eigenvalue weighted by molar-refractivity contribution is 9.10. The Hall–Kier alpha value is -1.62. The van der Waals surface area contributed by atoms with Crippen LogP contribution in [0.2, 0.25) is 0 Å². The van der Waals surface area contributed by atoms with Crippen molar-refractivity contribution in [3.63, 3.8) is 0 Å². The van der Waals surface area contributed by atoms with Crippen molar-refractivity contribution in [3.05, 3.63) is 51.5 Å². The van der Waals surface area contributed by atoms with Crippen LogP contribution in [-0.4, -0.2) is 9.97 Å². The second-order valence-corrected chi connectivity index (χ2v) is 3.64. The number of aromatic amines is 1. The lowest BCUT2D eigenvalue weighted by Crippen LogP contribution is -2.04. The number of nitrogens with one attached hydrogen (secondary N) is 1. The van der Waals surface area contributed by atoms with Crippen LogP contribution in [0.25, 0.3) is 0 Å². The molecule has 0 amide bonds. The molecule has 1 aromatic heterocycles. The van der Waals surface area contributed by atoms with Gasteiger partial charge >= 0.3 is 0 Å². The minimum absolute atomic E-state index is 0.243. The van der Waals surface area contributed by atoms with Crippen LogP contribution in [0.3, 0.4) is 0 Å². The average Bonchev–Trinajstić information content (AvgIpc) is 2.22.